The summed E-state index contributed by atoms with van der Waals surface area (Å²) < 4.78 is 5.75. The second-order valence-electron chi connectivity index (χ2n) is 6.69. The third-order valence-corrected chi connectivity index (χ3v) is 5.59. The van der Waals surface area contributed by atoms with Gasteiger partial charge in [-0.15, -0.1) is 4.91 Å². The van der Waals surface area contributed by atoms with Crippen LogP contribution in [-0.4, -0.2) is 29.3 Å². The lowest BCUT2D eigenvalue weighted by Crippen LogP contribution is -2.31. The van der Waals surface area contributed by atoms with Gasteiger partial charge in [-0.3, -0.25) is 4.90 Å². The Morgan fingerprint density at radius 3 is 2.32 bits per heavy atom. The first-order chi connectivity index (χ1) is 13.4. The molecule has 0 aliphatic carbocycles. The molecular weight excluding hydrogens is 446 g/mol. The van der Waals surface area contributed by atoms with Crippen LogP contribution in [0, 0.1) is 4.91 Å². The molecule has 0 bridgehead atoms. The van der Waals surface area contributed by atoms with Crippen molar-refractivity contribution in [2.24, 2.45) is 5.18 Å². The van der Waals surface area contributed by atoms with E-state index in [0.29, 0.717) is 40.8 Å². The van der Waals surface area contributed by atoms with Crippen LogP contribution >= 0.6 is 46.4 Å². The average Bonchev–Trinajstić information content (AvgIpc) is 3.12. The topological polar surface area (TPSA) is 62.1 Å². The van der Waals surface area contributed by atoms with E-state index < -0.39 is 0 Å². The molecule has 9 heteroatoms. The number of aromatic hydroxyl groups is 1. The van der Waals surface area contributed by atoms with Gasteiger partial charge in [0.15, 0.2) is 0 Å². The summed E-state index contributed by atoms with van der Waals surface area (Å²) in [7, 11) is 0. The van der Waals surface area contributed by atoms with E-state index >= 15 is 0 Å². The average molecular weight is 464 g/mol. The Balaban J connectivity index is 1.91. The molecule has 1 saturated heterocycles. The molecule has 3 rings (SSSR count). The van der Waals surface area contributed by atoms with Gasteiger partial charge in [0.05, 0.1) is 16.1 Å². The first-order valence-electron chi connectivity index (χ1n) is 8.69. The van der Waals surface area contributed by atoms with Crippen LogP contribution in [0.1, 0.15) is 24.0 Å². The molecule has 5 nitrogen and oxygen atoms in total. The minimum absolute atomic E-state index is 0.0266. The molecule has 2 aromatic carbocycles. The van der Waals surface area contributed by atoms with Crippen LogP contribution in [0.5, 0.6) is 5.75 Å². The third kappa shape index (κ3) is 5.29. The Morgan fingerprint density at radius 2 is 1.68 bits per heavy atom. The van der Waals surface area contributed by atoms with Crippen molar-refractivity contribution in [2.45, 2.75) is 32.0 Å². The van der Waals surface area contributed by atoms with Crippen LogP contribution in [0.4, 0.5) is 5.69 Å². The van der Waals surface area contributed by atoms with Gasteiger partial charge < -0.3 is 9.84 Å². The summed E-state index contributed by atoms with van der Waals surface area (Å²) in [4.78, 5) is 13.3. The van der Waals surface area contributed by atoms with E-state index in [4.69, 9.17) is 51.1 Å². The van der Waals surface area contributed by atoms with Crippen LogP contribution < -0.4 is 0 Å². The summed E-state index contributed by atoms with van der Waals surface area (Å²) in [5.41, 5.74) is 1.32. The molecule has 0 amide bonds. The lowest BCUT2D eigenvalue weighted by molar-refractivity contribution is 0.0677. The maximum atomic E-state index is 11.3. The van der Waals surface area contributed by atoms with Crippen LogP contribution in [0.3, 0.4) is 0 Å². The molecule has 150 valence electrons. The fraction of sp³-hybridized carbons (Fsp3) is 0.368. The van der Waals surface area contributed by atoms with Crippen molar-refractivity contribution in [1.82, 2.24) is 4.90 Å². The number of phenolic OH excluding ortho intramolecular Hbond substituents is 1. The largest absolute Gasteiger partial charge is 0.506 e. The van der Waals surface area contributed by atoms with Gasteiger partial charge in [0.1, 0.15) is 11.4 Å². The molecule has 0 saturated carbocycles. The van der Waals surface area contributed by atoms with Crippen LogP contribution in [0.25, 0.3) is 0 Å². The number of hydrogen-bond acceptors (Lipinski definition) is 5. The molecule has 1 atom stereocenters. The van der Waals surface area contributed by atoms with E-state index in [0.717, 1.165) is 19.4 Å². The van der Waals surface area contributed by atoms with E-state index in [1.54, 1.807) is 12.1 Å². The molecular formula is C19H18Cl4N2O3. The van der Waals surface area contributed by atoms with E-state index in [-0.39, 0.29) is 27.6 Å². The molecule has 1 fully saturated rings. The number of benzene rings is 2. The Bertz CT molecular complexity index is 873. The van der Waals surface area contributed by atoms with E-state index in [2.05, 4.69) is 5.18 Å². The van der Waals surface area contributed by atoms with Gasteiger partial charge >= 0.3 is 0 Å². The normalized spacial score (nSPS) is 16.7. The maximum Gasteiger partial charge on any atom is 0.138 e. The number of halogens is 4. The highest BCUT2D eigenvalue weighted by molar-refractivity contribution is 6.36. The third-order valence-electron chi connectivity index (χ3n) is 4.58. The van der Waals surface area contributed by atoms with Gasteiger partial charge in [0.25, 0.3) is 0 Å². The standard InChI is InChI=1S/C19H18Cl4N2O3/c20-13-4-11(18(24-27)16(22)6-13)8-25(10-15-2-1-3-28-15)9-12-5-14(21)7-17(23)19(12)26/h4-7,15,26H,1-3,8-10H2. The van der Waals surface area contributed by atoms with E-state index in [1.807, 2.05) is 4.90 Å². The first kappa shape index (κ1) is 21.6. The number of nitrogens with zero attached hydrogens (tertiary/aromatic N) is 2. The molecule has 1 aliphatic heterocycles. The summed E-state index contributed by atoms with van der Waals surface area (Å²) in [5, 5.41) is 14.6. The fourth-order valence-corrected chi connectivity index (χ4v) is 4.43. The maximum absolute atomic E-state index is 11.3. The van der Waals surface area contributed by atoms with Crippen molar-refractivity contribution in [3.05, 3.63) is 60.4 Å². The molecule has 1 aliphatic rings. The van der Waals surface area contributed by atoms with Gasteiger partial charge in [0, 0.05) is 41.8 Å². The Morgan fingerprint density at radius 1 is 1.04 bits per heavy atom. The number of ether oxygens (including phenoxy) is 1. The molecule has 2 aromatic rings. The Kier molecular flexibility index (Phi) is 7.42. The number of phenols is 1. The van der Waals surface area contributed by atoms with Crippen LogP contribution in [-0.2, 0) is 17.8 Å². The van der Waals surface area contributed by atoms with E-state index in [9.17, 15) is 10.0 Å². The molecule has 1 unspecified atom stereocenters. The minimum Gasteiger partial charge on any atom is -0.506 e. The highest BCUT2D eigenvalue weighted by Gasteiger charge is 2.23. The molecule has 28 heavy (non-hydrogen) atoms. The smallest absolute Gasteiger partial charge is 0.138 e. The summed E-state index contributed by atoms with van der Waals surface area (Å²) in [5.74, 6) is -0.0266. The van der Waals surface area contributed by atoms with Crippen LogP contribution in [0.2, 0.25) is 20.1 Å². The molecule has 1 N–H and O–H groups in total. The van der Waals surface area contributed by atoms with E-state index in [1.165, 1.54) is 12.1 Å². The minimum atomic E-state index is -0.0266. The van der Waals surface area contributed by atoms with Crippen molar-refractivity contribution >= 4 is 52.1 Å². The van der Waals surface area contributed by atoms with Crippen molar-refractivity contribution in [1.29, 1.82) is 0 Å². The monoisotopic (exact) mass is 462 g/mol. The zero-order valence-corrected chi connectivity index (χ0v) is 17.8. The first-order valence-corrected chi connectivity index (χ1v) is 10.2. The quantitative estimate of drug-likeness (QED) is 0.470. The van der Waals surface area contributed by atoms with Gasteiger partial charge in [-0.05, 0) is 47.8 Å². The summed E-state index contributed by atoms with van der Waals surface area (Å²) in [6.07, 6.45) is 1.99. The number of nitroso groups, excluding NO2 is 1. The zero-order chi connectivity index (χ0) is 20.3. The molecule has 0 radical (unpaired) electrons. The SMILES string of the molecule is O=Nc1c(Cl)cc(Cl)cc1CN(Cc1cc(Cl)cc(Cl)c1O)CC1CCCO1. The Labute approximate surface area is 183 Å². The predicted octanol–water partition coefficient (Wildman–Crippen LogP) is 6.58. The van der Waals surface area contributed by atoms with Gasteiger partial charge in [-0.2, -0.15) is 0 Å². The second-order valence-corrected chi connectivity index (χ2v) is 8.37. The lowest BCUT2D eigenvalue weighted by atomic mass is 10.1. The Hall–Kier alpha value is -1.08. The van der Waals surface area contributed by atoms with Gasteiger partial charge in [0.2, 0.25) is 0 Å². The predicted molar refractivity (Wildman–Crippen MR) is 113 cm³/mol. The molecule has 1 heterocycles. The van der Waals surface area contributed by atoms with Gasteiger partial charge in [-0.25, -0.2) is 0 Å². The van der Waals surface area contributed by atoms with Crippen molar-refractivity contribution in [2.75, 3.05) is 13.2 Å². The summed E-state index contributed by atoms with van der Waals surface area (Å²) >= 11 is 24.4. The summed E-state index contributed by atoms with van der Waals surface area (Å²) in [6.45, 7) is 1.99. The van der Waals surface area contributed by atoms with Crippen molar-refractivity contribution in [3.8, 4) is 5.75 Å². The number of hydrogen-bond donors (Lipinski definition) is 1. The van der Waals surface area contributed by atoms with Crippen molar-refractivity contribution < 1.29 is 9.84 Å². The molecule has 0 aromatic heterocycles. The fourth-order valence-electron chi connectivity index (χ4n) is 3.32. The molecule has 0 spiro atoms. The lowest BCUT2D eigenvalue weighted by Gasteiger charge is -2.26. The van der Waals surface area contributed by atoms with Crippen LogP contribution in [0.15, 0.2) is 29.4 Å². The summed E-state index contributed by atoms with van der Waals surface area (Å²) in [6, 6.07) is 6.29. The second kappa shape index (κ2) is 9.61. The number of rotatable bonds is 7. The highest BCUT2D eigenvalue weighted by Crippen LogP contribution is 2.35. The van der Waals surface area contributed by atoms with Crippen molar-refractivity contribution in [3.63, 3.8) is 0 Å². The highest BCUT2D eigenvalue weighted by atomic mass is 35.5. The van der Waals surface area contributed by atoms with Gasteiger partial charge in [-0.1, -0.05) is 46.4 Å². The zero-order valence-electron chi connectivity index (χ0n) is 14.8.